The molecule has 0 heterocycles. The molecule has 0 aromatic rings. The van der Waals surface area contributed by atoms with Crippen molar-refractivity contribution < 1.29 is 13.2 Å². The number of hydrogen-bond donors (Lipinski definition) is 0. The Morgan fingerprint density at radius 2 is 2.05 bits per heavy atom. The maximum atomic E-state index is 12.6. The average Bonchev–Trinajstić information content (AvgIpc) is 2.29. The van der Waals surface area contributed by atoms with E-state index in [-0.39, 0.29) is 12.3 Å². The molecule has 0 amide bonds. The quantitative estimate of drug-likeness (QED) is 0.674. The number of nitrogens with zero attached hydrogens (tertiary/aromatic N) is 1. The third-order valence-corrected chi connectivity index (χ3v) is 3.50. The molecular formula is C15H22F3N. The van der Waals surface area contributed by atoms with Gasteiger partial charge in [0.15, 0.2) is 0 Å². The minimum Gasteiger partial charge on any atom is -0.293 e. The molecule has 1 aliphatic carbocycles. The van der Waals surface area contributed by atoms with Gasteiger partial charge in [-0.05, 0) is 26.2 Å². The molecule has 1 aliphatic rings. The van der Waals surface area contributed by atoms with Crippen molar-refractivity contribution in [2.24, 2.45) is 5.92 Å². The minimum atomic E-state index is -4.20. The summed E-state index contributed by atoms with van der Waals surface area (Å²) in [4.78, 5) is 2.20. The molecule has 19 heavy (non-hydrogen) atoms. The summed E-state index contributed by atoms with van der Waals surface area (Å²) in [6.45, 7) is 11.2. The Morgan fingerprint density at radius 1 is 1.42 bits per heavy atom. The zero-order valence-electron chi connectivity index (χ0n) is 11.8. The van der Waals surface area contributed by atoms with Crippen molar-refractivity contribution in [2.45, 2.75) is 39.4 Å². The molecule has 4 heteroatoms. The molecule has 108 valence electrons. The van der Waals surface area contributed by atoms with E-state index in [0.717, 1.165) is 12.1 Å². The Bertz CT molecular complexity index is 377. The summed E-state index contributed by atoms with van der Waals surface area (Å²) in [5.74, 6) is -0.0623. The first-order valence-corrected chi connectivity index (χ1v) is 6.57. The third kappa shape index (κ3) is 4.53. The van der Waals surface area contributed by atoms with Gasteiger partial charge in [-0.3, -0.25) is 4.90 Å². The second-order valence-electron chi connectivity index (χ2n) is 5.35. The summed E-state index contributed by atoms with van der Waals surface area (Å²) < 4.78 is 37.9. The molecule has 1 nitrogen and oxygen atoms in total. The van der Waals surface area contributed by atoms with Crippen LogP contribution >= 0.6 is 0 Å². The van der Waals surface area contributed by atoms with Crippen molar-refractivity contribution >= 4 is 0 Å². The molecule has 0 aromatic heterocycles. The lowest BCUT2D eigenvalue weighted by Gasteiger charge is -2.30. The summed E-state index contributed by atoms with van der Waals surface area (Å²) in [5, 5.41) is 0. The highest BCUT2D eigenvalue weighted by atomic mass is 19.4. The highest BCUT2D eigenvalue weighted by molar-refractivity contribution is 5.29. The van der Waals surface area contributed by atoms with Crippen LogP contribution in [0.1, 0.15) is 27.2 Å². The molecule has 1 atom stereocenters. The fourth-order valence-electron chi connectivity index (χ4n) is 2.18. The Morgan fingerprint density at radius 3 is 2.47 bits per heavy atom. The van der Waals surface area contributed by atoms with E-state index in [0.29, 0.717) is 12.6 Å². The van der Waals surface area contributed by atoms with Gasteiger partial charge in [-0.2, -0.15) is 13.2 Å². The number of halogens is 3. The second kappa shape index (κ2) is 6.42. The average molecular weight is 273 g/mol. The van der Waals surface area contributed by atoms with E-state index in [9.17, 15) is 13.2 Å². The highest BCUT2D eigenvalue weighted by Crippen LogP contribution is 2.35. The van der Waals surface area contributed by atoms with Crippen molar-refractivity contribution in [3.63, 3.8) is 0 Å². The monoisotopic (exact) mass is 273 g/mol. The van der Waals surface area contributed by atoms with Crippen molar-refractivity contribution in [3.05, 3.63) is 36.0 Å². The van der Waals surface area contributed by atoms with Gasteiger partial charge in [0.25, 0.3) is 0 Å². The molecule has 0 saturated heterocycles. The van der Waals surface area contributed by atoms with Crippen LogP contribution in [-0.2, 0) is 0 Å². The van der Waals surface area contributed by atoms with E-state index < -0.39 is 11.7 Å². The zero-order chi connectivity index (χ0) is 14.6. The van der Waals surface area contributed by atoms with E-state index in [4.69, 9.17) is 0 Å². The first kappa shape index (κ1) is 16.0. The van der Waals surface area contributed by atoms with Gasteiger partial charge in [-0.15, -0.1) is 6.58 Å². The van der Waals surface area contributed by atoms with Crippen LogP contribution in [0.3, 0.4) is 0 Å². The molecule has 1 unspecified atom stereocenters. The van der Waals surface area contributed by atoms with E-state index in [1.165, 1.54) is 6.08 Å². The van der Waals surface area contributed by atoms with Crippen molar-refractivity contribution in [1.82, 2.24) is 4.90 Å². The molecule has 0 aromatic carbocycles. The topological polar surface area (TPSA) is 3.24 Å². The van der Waals surface area contributed by atoms with Crippen molar-refractivity contribution in [1.29, 1.82) is 0 Å². The molecule has 0 bridgehead atoms. The van der Waals surface area contributed by atoms with Crippen LogP contribution in [0.2, 0.25) is 0 Å². The Labute approximate surface area is 113 Å². The van der Waals surface area contributed by atoms with Gasteiger partial charge in [0, 0.05) is 24.7 Å². The van der Waals surface area contributed by atoms with Crippen LogP contribution in [0.25, 0.3) is 0 Å². The molecule has 0 saturated carbocycles. The van der Waals surface area contributed by atoms with E-state index >= 15 is 0 Å². The number of rotatable bonds is 5. The summed E-state index contributed by atoms with van der Waals surface area (Å²) >= 11 is 0. The van der Waals surface area contributed by atoms with Crippen LogP contribution in [0.15, 0.2) is 36.0 Å². The largest absolute Gasteiger partial charge is 0.412 e. The van der Waals surface area contributed by atoms with Gasteiger partial charge in [0.05, 0.1) is 0 Å². The van der Waals surface area contributed by atoms with Crippen molar-refractivity contribution in [3.8, 4) is 0 Å². The minimum absolute atomic E-state index is 0.0623. The van der Waals surface area contributed by atoms with Crippen LogP contribution in [0.4, 0.5) is 13.2 Å². The normalized spacial score (nSPS) is 20.5. The van der Waals surface area contributed by atoms with Crippen LogP contribution in [0.5, 0.6) is 0 Å². The summed E-state index contributed by atoms with van der Waals surface area (Å²) in [6, 6.07) is 0.346. The molecule has 0 fully saturated rings. The molecule has 0 N–H and O–H groups in total. The van der Waals surface area contributed by atoms with E-state index in [2.05, 4.69) is 25.3 Å². The van der Waals surface area contributed by atoms with Gasteiger partial charge >= 0.3 is 6.18 Å². The summed E-state index contributed by atoms with van der Waals surface area (Å²) in [5.41, 5.74) is 0.632. The fourth-order valence-corrected chi connectivity index (χ4v) is 2.18. The molecular weight excluding hydrogens is 251 g/mol. The first-order valence-electron chi connectivity index (χ1n) is 6.57. The number of hydrogen-bond acceptors (Lipinski definition) is 1. The predicted molar refractivity (Wildman–Crippen MR) is 72.9 cm³/mol. The lowest BCUT2D eigenvalue weighted by Crippen LogP contribution is -2.34. The summed E-state index contributed by atoms with van der Waals surface area (Å²) in [6.07, 6.45) is 0.562. The van der Waals surface area contributed by atoms with Gasteiger partial charge in [0.2, 0.25) is 0 Å². The molecule has 0 spiro atoms. The Balaban J connectivity index is 2.81. The Hall–Kier alpha value is -1.03. The molecule has 1 rings (SSSR count). The van der Waals surface area contributed by atoms with Gasteiger partial charge in [-0.1, -0.05) is 30.7 Å². The van der Waals surface area contributed by atoms with Gasteiger partial charge < -0.3 is 0 Å². The predicted octanol–water partition coefficient (Wildman–Crippen LogP) is 4.34. The maximum absolute atomic E-state index is 12.6. The van der Waals surface area contributed by atoms with Crippen LogP contribution in [-0.4, -0.2) is 30.2 Å². The van der Waals surface area contributed by atoms with Crippen LogP contribution < -0.4 is 0 Å². The van der Waals surface area contributed by atoms with E-state index in [1.807, 2.05) is 13.0 Å². The zero-order valence-corrected chi connectivity index (χ0v) is 11.8. The summed E-state index contributed by atoms with van der Waals surface area (Å²) in [7, 11) is 0. The molecule has 0 radical (unpaired) electrons. The fraction of sp³-hybridized carbons (Fsp3) is 0.600. The highest BCUT2D eigenvalue weighted by Gasteiger charge is 2.35. The number of allylic oxidation sites excluding steroid dienone is 3. The maximum Gasteiger partial charge on any atom is 0.412 e. The van der Waals surface area contributed by atoms with Crippen LogP contribution in [0, 0.1) is 5.92 Å². The van der Waals surface area contributed by atoms with E-state index in [1.54, 1.807) is 6.08 Å². The Kier molecular flexibility index (Phi) is 5.41. The standard InChI is InChI=1S/C15H22F3N/c1-5-8-19(11(2)3)10-13-6-7-14(9-12(13)4)15(16,17)18/h5-7,11-12H,1,8-10H2,2-4H3. The SMILES string of the molecule is C=CCN(CC1=CC=C(C(F)(F)F)CC1C)C(C)C. The second-order valence-corrected chi connectivity index (χ2v) is 5.35. The first-order chi connectivity index (χ1) is 8.75. The number of alkyl halides is 3. The lowest BCUT2D eigenvalue weighted by molar-refractivity contribution is -0.0951. The molecule has 0 aliphatic heterocycles. The van der Waals surface area contributed by atoms with Gasteiger partial charge in [-0.25, -0.2) is 0 Å². The van der Waals surface area contributed by atoms with Crippen molar-refractivity contribution in [2.75, 3.05) is 13.1 Å². The smallest absolute Gasteiger partial charge is 0.293 e. The third-order valence-electron chi connectivity index (χ3n) is 3.50. The van der Waals surface area contributed by atoms with Gasteiger partial charge in [0.1, 0.15) is 0 Å². The lowest BCUT2D eigenvalue weighted by atomic mass is 9.87.